The first-order valence-electron chi connectivity index (χ1n) is 6.47. The van der Waals surface area contributed by atoms with Crippen molar-refractivity contribution >= 4 is 11.6 Å². The fourth-order valence-electron chi connectivity index (χ4n) is 1.55. The van der Waals surface area contributed by atoms with Gasteiger partial charge in [0, 0.05) is 17.3 Å². The lowest BCUT2D eigenvalue weighted by molar-refractivity contribution is -0.134. The van der Waals surface area contributed by atoms with Gasteiger partial charge >= 0.3 is 0 Å². The zero-order chi connectivity index (χ0) is 14.3. The highest BCUT2D eigenvalue weighted by molar-refractivity contribution is 5.88. The summed E-state index contributed by atoms with van der Waals surface area (Å²) in [6, 6.07) is 0. The summed E-state index contributed by atoms with van der Waals surface area (Å²) in [5, 5.41) is 0. The van der Waals surface area contributed by atoms with E-state index in [9.17, 15) is 9.59 Å². The van der Waals surface area contributed by atoms with Crippen LogP contribution >= 0.6 is 0 Å². The average molecular weight is 242 g/mol. The van der Waals surface area contributed by atoms with E-state index < -0.39 is 0 Å². The molecule has 0 aliphatic rings. The van der Waals surface area contributed by atoms with Crippen molar-refractivity contribution in [3.05, 3.63) is 0 Å². The van der Waals surface area contributed by atoms with Gasteiger partial charge < -0.3 is 4.79 Å². The molecule has 0 aromatic rings. The van der Waals surface area contributed by atoms with Crippen LogP contribution in [0.5, 0.6) is 0 Å². The molecule has 0 bridgehead atoms. The van der Waals surface area contributed by atoms with Crippen LogP contribution in [-0.4, -0.2) is 11.6 Å². The summed E-state index contributed by atoms with van der Waals surface area (Å²) >= 11 is 0. The highest BCUT2D eigenvalue weighted by Gasteiger charge is 2.31. The van der Waals surface area contributed by atoms with Crippen molar-refractivity contribution in [1.82, 2.24) is 0 Å². The zero-order valence-electron chi connectivity index (χ0n) is 12.9. The van der Waals surface area contributed by atoms with E-state index in [0.717, 1.165) is 19.3 Å². The van der Waals surface area contributed by atoms with Gasteiger partial charge in [0.2, 0.25) is 0 Å². The molecule has 2 nitrogen and oxygen atoms in total. The summed E-state index contributed by atoms with van der Waals surface area (Å²) in [6.07, 6.45) is 2.94. The van der Waals surface area contributed by atoms with Crippen LogP contribution < -0.4 is 0 Å². The standard InChI is InChI=1S/C9H18O.C6H12O/c1-8(2,3)7(10)9(4,5)6;1-3-4-5-6(2)7/h1-6H3;3-5H2,1-2H3. The van der Waals surface area contributed by atoms with Gasteiger partial charge in [-0.2, -0.15) is 0 Å². The molecular formula is C15H30O2. The Kier molecular flexibility index (Phi) is 8.39. The van der Waals surface area contributed by atoms with Crippen molar-refractivity contribution in [2.75, 3.05) is 0 Å². The predicted molar refractivity (Wildman–Crippen MR) is 74.1 cm³/mol. The second kappa shape index (κ2) is 7.62. The summed E-state index contributed by atoms with van der Waals surface area (Å²) in [6.45, 7) is 15.5. The van der Waals surface area contributed by atoms with Crippen LogP contribution in [0.2, 0.25) is 0 Å². The highest BCUT2D eigenvalue weighted by atomic mass is 16.1. The summed E-state index contributed by atoms with van der Waals surface area (Å²) in [7, 11) is 0. The van der Waals surface area contributed by atoms with Crippen LogP contribution in [0.3, 0.4) is 0 Å². The van der Waals surface area contributed by atoms with Crippen LogP contribution in [0, 0.1) is 10.8 Å². The minimum Gasteiger partial charge on any atom is -0.300 e. The molecule has 0 amide bonds. The molecule has 0 heterocycles. The Hall–Kier alpha value is -0.660. The summed E-state index contributed by atoms with van der Waals surface area (Å²) in [5.41, 5.74) is -0.392. The Morgan fingerprint density at radius 3 is 1.29 bits per heavy atom. The van der Waals surface area contributed by atoms with E-state index in [1.807, 2.05) is 41.5 Å². The van der Waals surface area contributed by atoms with Crippen molar-refractivity contribution in [2.24, 2.45) is 10.8 Å². The second-order valence-electron chi connectivity index (χ2n) is 6.63. The number of carbonyl (C=O) groups is 2. The quantitative estimate of drug-likeness (QED) is 0.734. The lowest BCUT2D eigenvalue weighted by Crippen LogP contribution is -2.32. The van der Waals surface area contributed by atoms with Crippen LogP contribution in [0.15, 0.2) is 0 Å². The number of rotatable bonds is 3. The van der Waals surface area contributed by atoms with E-state index in [-0.39, 0.29) is 10.8 Å². The maximum Gasteiger partial charge on any atom is 0.143 e. The van der Waals surface area contributed by atoms with Crippen molar-refractivity contribution in [2.45, 2.75) is 74.7 Å². The first-order chi connectivity index (χ1) is 7.42. The van der Waals surface area contributed by atoms with E-state index in [4.69, 9.17) is 0 Å². The van der Waals surface area contributed by atoms with Gasteiger partial charge in [0.15, 0.2) is 0 Å². The lowest BCUT2D eigenvalue weighted by atomic mass is 9.76. The molecule has 0 fully saturated rings. The number of Topliss-reactive ketones (excluding diaryl/α,β-unsaturated/α-hetero) is 2. The SMILES string of the molecule is CC(C)(C)C(=O)C(C)(C)C.CCCCC(C)=O. The van der Waals surface area contributed by atoms with Gasteiger partial charge in [-0.3, -0.25) is 4.79 Å². The third kappa shape index (κ3) is 11.6. The van der Waals surface area contributed by atoms with Crippen molar-refractivity contribution in [3.63, 3.8) is 0 Å². The van der Waals surface area contributed by atoms with Crippen LogP contribution in [0.4, 0.5) is 0 Å². The van der Waals surface area contributed by atoms with Crippen LogP contribution in [0.25, 0.3) is 0 Å². The molecule has 0 saturated heterocycles. The third-order valence-electron chi connectivity index (χ3n) is 2.24. The van der Waals surface area contributed by atoms with E-state index in [2.05, 4.69) is 6.92 Å². The summed E-state index contributed by atoms with van der Waals surface area (Å²) in [5.74, 6) is 0.627. The molecule has 0 N–H and O–H groups in total. The minimum absolute atomic E-state index is 0.196. The Balaban J connectivity index is 0. The Labute approximate surface area is 107 Å². The van der Waals surface area contributed by atoms with E-state index >= 15 is 0 Å². The normalized spacial score (nSPS) is 11.5. The Morgan fingerprint density at radius 1 is 0.882 bits per heavy atom. The molecule has 2 heteroatoms. The van der Waals surface area contributed by atoms with Gasteiger partial charge in [0.25, 0.3) is 0 Å². The first-order valence-corrected chi connectivity index (χ1v) is 6.47. The average Bonchev–Trinajstić information content (AvgIpc) is 2.11. The fourth-order valence-corrected chi connectivity index (χ4v) is 1.55. The molecule has 0 aromatic heterocycles. The molecule has 0 radical (unpaired) electrons. The summed E-state index contributed by atoms with van der Waals surface area (Å²) < 4.78 is 0. The Bertz CT molecular complexity index is 223. The molecule has 0 saturated carbocycles. The topological polar surface area (TPSA) is 34.1 Å². The zero-order valence-corrected chi connectivity index (χ0v) is 12.9. The molecule has 0 atom stereocenters. The largest absolute Gasteiger partial charge is 0.300 e. The molecule has 102 valence electrons. The Morgan fingerprint density at radius 2 is 1.24 bits per heavy atom. The lowest BCUT2D eigenvalue weighted by Gasteiger charge is -2.26. The number of unbranched alkanes of at least 4 members (excludes halogenated alkanes) is 1. The molecule has 0 unspecified atom stereocenters. The van der Waals surface area contributed by atoms with Crippen LogP contribution in [0.1, 0.15) is 74.7 Å². The highest BCUT2D eigenvalue weighted by Crippen LogP contribution is 2.27. The van der Waals surface area contributed by atoms with Crippen molar-refractivity contribution in [1.29, 1.82) is 0 Å². The first kappa shape index (κ1) is 18.7. The fraction of sp³-hybridized carbons (Fsp3) is 0.867. The number of hydrogen-bond donors (Lipinski definition) is 0. The molecular weight excluding hydrogens is 212 g/mol. The van der Waals surface area contributed by atoms with Gasteiger partial charge in [-0.1, -0.05) is 54.9 Å². The molecule has 0 spiro atoms. The van der Waals surface area contributed by atoms with Gasteiger partial charge in [0.1, 0.15) is 11.6 Å². The molecule has 0 aliphatic heterocycles. The minimum atomic E-state index is -0.196. The maximum atomic E-state index is 11.5. The van der Waals surface area contributed by atoms with E-state index in [1.54, 1.807) is 6.92 Å². The number of ketones is 2. The van der Waals surface area contributed by atoms with Gasteiger partial charge in [-0.25, -0.2) is 0 Å². The number of hydrogen-bond acceptors (Lipinski definition) is 2. The second-order valence-corrected chi connectivity index (χ2v) is 6.63. The van der Waals surface area contributed by atoms with Gasteiger partial charge in [0.05, 0.1) is 0 Å². The maximum absolute atomic E-state index is 11.5. The molecule has 0 aromatic carbocycles. The summed E-state index contributed by atoms with van der Waals surface area (Å²) in [4.78, 5) is 21.7. The predicted octanol–water partition coefficient (Wildman–Crippen LogP) is 4.41. The smallest absolute Gasteiger partial charge is 0.143 e. The monoisotopic (exact) mass is 242 g/mol. The van der Waals surface area contributed by atoms with Gasteiger partial charge in [-0.05, 0) is 13.3 Å². The molecule has 0 rings (SSSR count). The van der Waals surface area contributed by atoms with E-state index in [0.29, 0.717) is 11.6 Å². The molecule has 0 aliphatic carbocycles. The van der Waals surface area contributed by atoms with Gasteiger partial charge in [-0.15, -0.1) is 0 Å². The molecule has 17 heavy (non-hydrogen) atoms. The number of carbonyl (C=O) groups excluding carboxylic acids is 2. The van der Waals surface area contributed by atoms with E-state index in [1.165, 1.54) is 0 Å². The third-order valence-corrected chi connectivity index (χ3v) is 2.24. The van der Waals surface area contributed by atoms with Crippen LogP contribution in [-0.2, 0) is 9.59 Å². The van der Waals surface area contributed by atoms with Crippen molar-refractivity contribution < 1.29 is 9.59 Å². The van der Waals surface area contributed by atoms with Crippen molar-refractivity contribution in [3.8, 4) is 0 Å².